The van der Waals surface area contributed by atoms with Crippen molar-refractivity contribution in [1.29, 1.82) is 0 Å². The molecule has 0 saturated carbocycles. The molecule has 5 heteroatoms. The number of fused-ring (bicyclic) bond motifs is 7. The fraction of sp³-hybridized carbons (Fsp3) is 0. The van der Waals surface area contributed by atoms with Crippen LogP contribution >= 0.6 is 11.8 Å². The van der Waals surface area contributed by atoms with Crippen LogP contribution in [-0.2, 0) is 0 Å². The van der Waals surface area contributed by atoms with Crippen LogP contribution in [0.25, 0.3) is 32.3 Å². The van der Waals surface area contributed by atoms with E-state index in [1.807, 2.05) is 11.8 Å². The van der Waals surface area contributed by atoms with E-state index in [1.165, 1.54) is 81.2 Å². The van der Waals surface area contributed by atoms with Gasteiger partial charge in [-0.2, -0.15) is 0 Å². The van der Waals surface area contributed by atoms with Crippen LogP contribution in [-0.4, -0.2) is 6.71 Å². The van der Waals surface area contributed by atoms with Crippen LogP contribution in [0.3, 0.4) is 0 Å². The predicted molar refractivity (Wildman–Crippen MR) is 243 cm³/mol. The molecule has 0 unspecified atom stereocenters. The Hall–Kier alpha value is -6.95. The van der Waals surface area contributed by atoms with E-state index < -0.39 is 0 Å². The van der Waals surface area contributed by atoms with Gasteiger partial charge >= 0.3 is 0 Å². The van der Waals surface area contributed by atoms with E-state index in [0.717, 1.165) is 28.4 Å². The van der Waals surface area contributed by atoms with Gasteiger partial charge in [0, 0.05) is 32.2 Å². The summed E-state index contributed by atoms with van der Waals surface area (Å²) in [7, 11) is 0. The minimum absolute atomic E-state index is 0.0756. The molecule has 0 spiro atoms. The fourth-order valence-corrected chi connectivity index (χ4v) is 11.2. The molecule has 13 rings (SSSR count). The van der Waals surface area contributed by atoms with Gasteiger partial charge in [0.25, 0.3) is 0 Å². The van der Waals surface area contributed by atoms with Crippen molar-refractivity contribution in [2.24, 2.45) is 0 Å². The highest BCUT2D eigenvalue weighted by atomic mass is 32.2. The Morgan fingerprint density at radius 2 is 0.912 bits per heavy atom. The SMILES string of the molecule is c1ccc(N2c3ccccc3N(c3ccc4ccc5cccc6ccc3c4c56)c3cc4c5c(c32)N(c2ccccc2)c2ccccc2B5c2ccccc2S4)cc1. The van der Waals surface area contributed by atoms with Gasteiger partial charge in [0.2, 0.25) is 6.71 Å². The fourth-order valence-electron chi connectivity index (χ4n) is 10.0. The topological polar surface area (TPSA) is 9.72 Å². The van der Waals surface area contributed by atoms with Crippen LogP contribution < -0.4 is 31.1 Å². The third-order valence-corrected chi connectivity index (χ3v) is 13.5. The average Bonchev–Trinajstić information content (AvgIpc) is 3.28. The molecule has 10 aromatic rings. The number of rotatable bonds is 3. The Morgan fingerprint density at radius 3 is 1.65 bits per heavy atom. The molecule has 0 radical (unpaired) electrons. The number of hydrogen-bond acceptors (Lipinski definition) is 4. The Bertz CT molecular complexity index is 3240. The van der Waals surface area contributed by atoms with E-state index in [-0.39, 0.29) is 6.71 Å². The van der Waals surface area contributed by atoms with Crippen LogP contribution in [0, 0.1) is 0 Å². The molecular formula is C52H32BN3S. The van der Waals surface area contributed by atoms with E-state index >= 15 is 0 Å². The third-order valence-electron chi connectivity index (χ3n) is 12.3. The monoisotopic (exact) mass is 741 g/mol. The molecular weight excluding hydrogens is 709 g/mol. The lowest BCUT2D eigenvalue weighted by molar-refractivity contribution is 1.15. The molecule has 0 aliphatic carbocycles. The van der Waals surface area contributed by atoms with Gasteiger partial charge in [-0.05, 0) is 98.5 Å². The van der Waals surface area contributed by atoms with Crippen molar-refractivity contribution in [1.82, 2.24) is 0 Å². The van der Waals surface area contributed by atoms with Crippen LogP contribution in [0.1, 0.15) is 0 Å². The van der Waals surface area contributed by atoms with E-state index in [1.54, 1.807) is 0 Å². The summed E-state index contributed by atoms with van der Waals surface area (Å²) in [6.07, 6.45) is 0. The second-order valence-corrected chi connectivity index (χ2v) is 16.3. The van der Waals surface area contributed by atoms with Crippen LogP contribution in [0.4, 0.5) is 51.2 Å². The molecule has 264 valence electrons. The molecule has 57 heavy (non-hydrogen) atoms. The van der Waals surface area contributed by atoms with Gasteiger partial charge in [-0.15, -0.1) is 0 Å². The molecule has 0 saturated heterocycles. The van der Waals surface area contributed by atoms with Gasteiger partial charge in [-0.25, -0.2) is 0 Å². The second kappa shape index (κ2) is 11.8. The molecule has 3 nitrogen and oxygen atoms in total. The van der Waals surface area contributed by atoms with E-state index in [2.05, 4.69) is 209 Å². The van der Waals surface area contributed by atoms with Gasteiger partial charge in [-0.1, -0.05) is 151 Å². The Morgan fingerprint density at radius 1 is 0.351 bits per heavy atom. The number of nitrogens with zero attached hydrogens (tertiary/aromatic N) is 3. The molecule has 0 fully saturated rings. The maximum absolute atomic E-state index is 2.56. The molecule has 0 amide bonds. The van der Waals surface area contributed by atoms with Gasteiger partial charge in [0.15, 0.2) is 0 Å². The van der Waals surface area contributed by atoms with Gasteiger partial charge in [0.05, 0.1) is 34.1 Å². The Labute approximate surface area is 335 Å². The highest BCUT2D eigenvalue weighted by Gasteiger charge is 2.46. The van der Waals surface area contributed by atoms with Crippen molar-refractivity contribution in [3.63, 3.8) is 0 Å². The van der Waals surface area contributed by atoms with Gasteiger partial charge in [-0.3, -0.25) is 0 Å². The summed E-state index contributed by atoms with van der Waals surface area (Å²) < 4.78 is 0. The van der Waals surface area contributed by atoms with Crippen molar-refractivity contribution >= 4 is 118 Å². The van der Waals surface area contributed by atoms with E-state index in [4.69, 9.17) is 0 Å². The summed E-state index contributed by atoms with van der Waals surface area (Å²) >= 11 is 1.91. The summed E-state index contributed by atoms with van der Waals surface area (Å²) in [5.41, 5.74) is 14.6. The number of hydrogen-bond donors (Lipinski definition) is 0. The normalized spacial score (nSPS) is 13.8. The molecule has 0 atom stereocenters. The summed E-state index contributed by atoms with van der Waals surface area (Å²) in [6, 6.07) is 72.0. The first-order chi connectivity index (χ1) is 28.3. The quantitative estimate of drug-likeness (QED) is 0.132. The first-order valence-electron chi connectivity index (χ1n) is 19.6. The maximum atomic E-state index is 2.56. The molecule has 0 bridgehead atoms. The standard InChI is InChI=1S/C52H32BN3S/c1-3-16-36(17-4-1)54-42-22-9-7-20-39(42)53-40-21-8-12-25-46(40)57-47-32-45-51(52(54)50(47)53)55(37-18-5-2-6-19-37)43-23-10-11-24-44(43)56(45)41-31-29-35-27-26-33-14-13-15-34-28-30-38(41)49(35)48(33)34/h1-32H. The van der Waals surface area contributed by atoms with E-state index in [0.29, 0.717) is 0 Å². The van der Waals surface area contributed by atoms with Crippen molar-refractivity contribution in [3.8, 4) is 0 Å². The zero-order valence-corrected chi connectivity index (χ0v) is 31.6. The van der Waals surface area contributed by atoms with Crippen LogP contribution in [0.5, 0.6) is 0 Å². The third kappa shape index (κ3) is 4.29. The van der Waals surface area contributed by atoms with Crippen LogP contribution in [0.2, 0.25) is 0 Å². The molecule has 0 aromatic heterocycles. The maximum Gasteiger partial charge on any atom is 0.249 e. The number of benzene rings is 10. The highest BCUT2D eigenvalue weighted by Crippen LogP contribution is 2.61. The average molecular weight is 742 g/mol. The summed E-state index contributed by atoms with van der Waals surface area (Å²) in [6.45, 7) is 0.0756. The minimum atomic E-state index is 0.0756. The molecule has 0 N–H and O–H groups in total. The lowest BCUT2D eigenvalue weighted by atomic mass is 9.34. The smallest absolute Gasteiger partial charge is 0.249 e. The minimum Gasteiger partial charge on any atom is -0.309 e. The van der Waals surface area contributed by atoms with Crippen molar-refractivity contribution < 1.29 is 0 Å². The zero-order valence-electron chi connectivity index (χ0n) is 30.8. The van der Waals surface area contributed by atoms with Crippen molar-refractivity contribution in [2.75, 3.05) is 14.7 Å². The van der Waals surface area contributed by atoms with Crippen molar-refractivity contribution in [3.05, 3.63) is 194 Å². The first-order valence-corrected chi connectivity index (χ1v) is 20.5. The summed E-state index contributed by atoms with van der Waals surface area (Å²) in [5.74, 6) is 0. The largest absolute Gasteiger partial charge is 0.309 e. The van der Waals surface area contributed by atoms with Gasteiger partial charge in [0.1, 0.15) is 0 Å². The van der Waals surface area contributed by atoms with Gasteiger partial charge < -0.3 is 14.7 Å². The molecule has 3 heterocycles. The number of para-hydroxylation sites is 5. The molecule has 3 aliphatic rings. The molecule has 10 aromatic carbocycles. The summed E-state index contributed by atoms with van der Waals surface area (Å²) in [5, 5.41) is 7.70. The lowest BCUT2D eigenvalue weighted by Gasteiger charge is -2.47. The number of anilines is 9. The van der Waals surface area contributed by atoms with E-state index in [9.17, 15) is 0 Å². The Kier molecular flexibility index (Phi) is 6.47. The van der Waals surface area contributed by atoms with Crippen molar-refractivity contribution in [2.45, 2.75) is 9.79 Å². The first kappa shape index (κ1) is 31.3. The summed E-state index contributed by atoms with van der Waals surface area (Å²) in [4.78, 5) is 10.2. The Balaban J connectivity index is 1.21. The van der Waals surface area contributed by atoms with Crippen LogP contribution in [0.15, 0.2) is 204 Å². The zero-order chi connectivity index (χ0) is 37.2. The predicted octanol–water partition coefficient (Wildman–Crippen LogP) is 12.6. The second-order valence-electron chi connectivity index (χ2n) is 15.2. The highest BCUT2D eigenvalue weighted by molar-refractivity contribution is 8.00. The molecule has 3 aliphatic heterocycles. The lowest BCUT2D eigenvalue weighted by Crippen LogP contribution is -2.60.